The summed E-state index contributed by atoms with van der Waals surface area (Å²) in [6.07, 6.45) is 4.58. The lowest BCUT2D eigenvalue weighted by Crippen LogP contribution is -2.34. The summed E-state index contributed by atoms with van der Waals surface area (Å²) in [5.74, 6) is 0.426. The van der Waals surface area contributed by atoms with Gasteiger partial charge in [-0.05, 0) is 52.5 Å². The van der Waals surface area contributed by atoms with E-state index < -0.39 is 17.3 Å². The van der Waals surface area contributed by atoms with Crippen molar-refractivity contribution < 1.29 is 14.6 Å². The molecule has 1 aliphatic rings. The minimum absolute atomic E-state index is 0.426. The fourth-order valence-corrected chi connectivity index (χ4v) is 3.18. The van der Waals surface area contributed by atoms with Crippen LogP contribution in [-0.4, -0.2) is 34.9 Å². The fourth-order valence-electron chi connectivity index (χ4n) is 3.18. The quantitative estimate of drug-likeness (QED) is 0.869. The summed E-state index contributed by atoms with van der Waals surface area (Å²) < 4.78 is 5.18. The van der Waals surface area contributed by atoms with Gasteiger partial charge in [-0.15, -0.1) is 0 Å². The van der Waals surface area contributed by atoms with Gasteiger partial charge in [0.25, 0.3) is 0 Å². The Hall–Kier alpha value is -1.82. The number of nitrogens with zero attached hydrogens (tertiary/aromatic N) is 2. The Kier molecular flexibility index (Phi) is 4.84. The summed E-state index contributed by atoms with van der Waals surface area (Å²) in [4.78, 5) is 17.5. The number of pyridine rings is 1. The smallest absolute Gasteiger partial charge is 0.405 e. The van der Waals surface area contributed by atoms with Crippen molar-refractivity contribution in [2.75, 3.05) is 18.0 Å². The summed E-state index contributed by atoms with van der Waals surface area (Å²) in [5.41, 5.74) is 5.48. The van der Waals surface area contributed by atoms with E-state index in [1.165, 1.54) is 0 Å². The fraction of sp³-hybridized carbons (Fsp3) is 0.647. The van der Waals surface area contributed by atoms with Crippen LogP contribution in [0.1, 0.15) is 46.1 Å². The number of carbonyl (C=O) groups is 1. The van der Waals surface area contributed by atoms with Crippen LogP contribution in [0.25, 0.3) is 0 Å². The molecule has 0 bridgehead atoms. The number of hydrogen-bond acceptors (Lipinski definition) is 5. The second-order valence-electron chi connectivity index (χ2n) is 7.48. The maximum absolute atomic E-state index is 11.0. The van der Waals surface area contributed by atoms with E-state index >= 15 is 0 Å². The second kappa shape index (κ2) is 6.35. The lowest BCUT2D eigenvalue weighted by atomic mass is 9.93. The highest BCUT2D eigenvalue weighted by Crippen LogP contribution is 2.31. The molecule has 1 saturated heterocycles. The standard InChI is InChI=1S/C17H27N3O3/c1-16(2,23-15(18)21)8-12-5-6-20(11-12)14-7-13(9-19-10-14)17(3,4)22/h7,9-10,12,22H,5-6,8,11H2,1-4H3,(H2,18,21)/t12-/m1/s1. The summed E-state index contributed by atoms with van der Waals surface area (Å²) in [5, 5.41) is 10.1. The molecule has 0 unspecified atom stereocenters. The topological polar surface area (TPSA) is 88.7 Å². The first-order valence-electron chi connectivity index (χ1n) is 7.98. The lowest BCUT2D eigenvalue weighted by Gasteiger charge is -2.27. The maximum Gasteiger partial charge on any atom is 0.405 e. The van der Waals surface area contributed by atoms with Crippen molar-refractivity contribution in [3.05, 3.63) is 24.0 Å². The number of rotatable bonds is 5. The number of carbonyl (C=O) groups excluding carboxylic acids is 1. The lowest BCUT2D eigenvalue weighted by molar-refractivity contribution is 0.0286. The van der Waals surface area contributed by atoms with Crippen LogP contribution in [0.3, 0.4) is 0 Å². The van der Waals surface area contributed by atoms with Gasteiger partial charge in [0.1, 0.15) is 5.60 Å². The average Bonchev–Trinajstić information content (AvgIpc) is 2.84. The SMILES string of the molecule is CC(C)(C[C@H]1CCN(c2cncc(C(C)(C)O)c2)C1)OC(N)=O. The van der Waals surface area contributed by atoms with E-state index in [0.29, 0.717) is 5.92 Å². The molecule has 23 heavy (non-hydrogen) atoms. The van der Waals surface area contributed by atoms with Gasteiger partial charge in [0.05, 0.1) is 17.5 Å². The van der Waals surface area contributed by atoms with Gasteiger partial charge in [0, 0.05) is 24.8 Å². The first-order valence-corrected chi connectivity index (χ1v) is 7.98. The van der Waals surface area contributed by atoms with Crippen LogP contribution in [0.2, 0.25) is 0 Å². The molecular formula is C17H27N3O3. The van der Waals surface area contributed by atoms with Gasteiger partial charge in [0.2, 0.25) is 0 Å². The van der Waals surface area contributed by atoms with Crippen LogP contribution in [0, 0.1) is 5.92 Å². The molecule has 0 spiro atoms. The highest BCUT2D eigenvalue weighted by atomic mass is 16.6. The number of primary amides is 1. The summed E-state index contributed by atoms with van der Waals surface area (Å²) in [7, 11) is 0. The zero-order chi connectivity index (χ0) is 17.3. The Labute approximate surface area is 137 Å². The molecule has 1 aromatic heterocycles. The van der Waals surface area contributed by atoms with E-state index in [2.05, 4.69) is 9.88 Å². The van der Waals surface area contributed by atoms with Crippen LogP contribution < -0.4 is 10.6 Å². The van der Waals surface area contributed by atoms with E-state index in [9.17, 15) is 9.90 Å². The molecule has 1 aliphatic heterocycles. The molecule has 0 saturated carbocycles. The molecule has 128 valence electrons. The van der Waals surface area contributed by atoms with E-state index in [4.69, 9.17) is 10.5 Å². The predicted octanol–water partition coefficient (Wildman–Crippen LogP) is 2.40. The third kappa shape index (κ3) is 4.82. The van der Waals surface area contributed by atoms with Crippen LogP contribution >= 0.6 is 0 Å². The number of hydrogen-bond donors (Lipinski definition) is 2. The first-order chi connectivity index (χ1) is 10.6. The molecule has 0 aromatic carbocycles. The molecule has 3 N–H and O–H groups in total. The van der Waals surface area contributed by atoms with Gasteiger partial charge in [-0.2, -0.15) is 0 Å². The molecule has 1 aromatic rings. The summed E-state index contributed by atoms with van der Waals surface area (Å²) >= 11 is 0. The normalized spacial score (nSPS) is 19.0. The van der Waals surface area contributed by atoms with Crippen molar-refractivity contribution in [1.29, 1.82) is 0 Å². The van der Waals surface area contributed by atoms with Crippen LogP contribution in [0.4, 0.5) is 10.5 Å². The van der Waals surface area contributed by atoms with E-state index in [0.717, 1.165) is 37.2 Å². The molecule has 1 atom stereocenters. The predicted molar refractivity (Wildman–Crippen MR) is 89.2 cm³/mol. The Morgan fingerprint density at radius 3 is 2.74 bits per heavy atom. The third-order valence-corrected chi connectivity index (χ3v) is 4.24. The summed E-state index contributed by atoms with van der Waals surface area (Å²) in [6, 6.07) is 1.99. The van der Waals surface area contributed by atoms with Crippen molar-refractivity contribution in [3.63, 3.8) is 0 Å². The zero-order valence-electron chi connectivity index (χ0n) is 14.4. The largest absolute Gasteiger partial charge is 0.444 e. The Morgan fingerprint density at radius 1 is 1.43 bits per heavy atom. The Bertz CT molecular complexity index is 566. The minimum atomic E-state index is -0.903. The first kappa shape index (κ1) is 17.5. The average molecular weight is 321 g/mol. The van der Waals surface area contributed by atoms with E-state index in [1.54, 1.807) is 20.0 Å². The highest BCUT2D eigenvalue weighted by Gasteiger charge is 2.31. The number of ether oxygens (including phenoxy) is 1. The highest BCUT2D eigenvalue weighted by molar-refractivity contribution is 5.65. The molecule has 2 heterocycles. The Morgan fingerprint density at radius 2 is 2.13 bits per heavy atom. The zero-order valence-corrected chi connectivity index (χ0v) is 14.4. The van der Waals surface area contributed by atoms with E-state index in [-0.39, 0.29) is 0 Å². The van der Waals surface area contributed by atoms with Crippen molar-refractivity contribution in [3.8, 4) is 0 Å². The van der Waals surface area contributed by atoms with Gasteiger partial charge in [0.15, 0.2) is 0 Å². The van der Waals surface area contributed by atoms with Crippen molar-refractivity contribution in [2.45, 2.75) is 51.7 Å². The number of anilines is 1. The molecular weight excluding hydrogens is 294 g/mol. The molecule has 0 aliphatic carbocycles. The van der Waals surface area contributed by atoms with E-state index in [1.807, 2.05) is 26.1 Å². The van der Waals surface area contributed by atoms with Crippen LogP contribution in [0.5, 0.6) is 0 Å². The van der Waals surface area contributed by atoms with Gasteiger partial charge in [-0.3, -0.25) is 4.98 Å². The molecule has 6 nitrogen and oxygen atoms in total. The Balaban J connectivity index is 2.02. The van der Waals surface area contributed by atoms with Gasteiger partial charge in [-0.25, -0.2) is 4.79 Å². The number of nitrogens with two attached hydrogens (primary N) is 1. The number of amides is 1. The maximum atomic E-state index is 11.0. The number of aromatic nitrogens is 1. The van der Waals surface area contributed by atoms with Crippen LogP contribution in [-0.2, 0) is 10.3 Å². The molecule has 1 fully saturated rings. The molecule has 0 radical (unpaired) electrons. The van der Waals surface area contributed by atoms with Crippen molar-refractivity contribution in [2.24, 2.45) is 11.7 Å². The monoisotopic (exact) mass is 321 g/mol. The number of aliphatic hydroxyl groups is 1. The molecule has 2 rings (SSSR count). The molecule has 1 amide bonds. The van der Waals surface area contributed by atoms with Crippen LogP contribution in [0.15, 0.2) is 18.5 Å². The van der Waals surface area contributed by atoms with Gasteiger partial charge in [-0.1, -0.05) is 0 Å². The van der Waals surface area contributed by atoms with Crippen molar-refractivity contribution in [1.82, 2.24) is 4.98 Å². The molecule has 6 heteroatoms. The van der Waals surface area contributed by atoms with Crippen molar-refractivity contribution >= 4 is 11.8 Å². The second-order valence-corrected chi connectivity index (χ2v) is 7.48. The minimum Gasteiger partial charge on any atom is -0.444 e. The van der Waals surface area contributed by atoms with Gasteiger partial charge >= 0.3 is 6.09 Å². The van der Waals surface area contributed by atoms with Gasteiger partial charge < -0.3 is 20.5 Å². The summed E-state index contributed by atoms with van der Waals surface area (Å²) in [6.45, 7) is 9.08. The third-order valence-electron chi connectivity index (χ3n) is 4.24.